The molecule has 0 heterocycles. The third-order valence-corrected chi connectivity index (χ3v) is 1.50. The zero-order chi connectivity index (χ0) is 10.6. The van der Waals surface area contributed by atoms with Crippen LogP contribution in [0.15, 0.2) is 18.2 Å². The van der Waals surface area contributed by atoms with E-state index in [4.69, 9.17) is 9.94 Å². The SMILES string of the molecule is CCONc1ccc(O)cc1[N+](=O)[O-]. The van der Waals surface area contributed by atoms with Crippen molar-refractivity contribution in [3.63, 3.8) is 0 Å². The van der Waals surface area contributed by atoms with E-state index in [1.165, 1.54) is 12.1 Å². The molecule has 6 heteroatoms. The molecular formula is C8H10N2O4. The van der Waals surface area contributed by atoms with Gasteiger partial charge >= 0.3 is 0 Å². The van der Waals surface area contributed by atoms with Crippen LogP contribution >= 0.6 is 0 Å². The Labute approximate surface area is 80.2 Å². The van der Waals surface area contributed by atoms with Crippen LogP contribution < -0.4 is 5.48 Å². The number of phenolic OH excluding ortho intramolecular Hbond substituents is 1. The van der Waals surface area contributed by atoms with Crippen LogP contribution in [0.2, 0.25) is 0 Å². The van der Waals surface area contributed by atoms with Crippen LogP contribution in [0.3, 0.4) is 0 Å². The van der Waals surface area contributed by atoms with Crippen LogP contribution in [0.4, 0.5) is 11.4 Å². The van der Waals surface area contributed by atoms with Gasteiger partial charge in [-0.2, -0.15) is 0 Å². The number of nitrogens with zero attached hydrogens (tertiary/aromatic N) is 1. The van der Waals surface area contributed by atoms with Crippen molar-refractivity contribution in [3.8, 4) is 5.75 Å². The van der Waals surface area contributed by atoms with Crippen molar-refractivity contribution in [2.24, 2.45) is 0 Å². The number of nitro benzene ring substituents is 1. The molecule has 0 aliphatic heterocycles. The van der Waals surface area contributed by atoms with Crippen molar-refractivity contribution in [1.29, 1.82) is 0 Å². The maximum Gasteiger partial charge on any atom is 0.298 e. The fraction of sp³-hybridized carbons (Fsp3) is 0.250. The van der Waals surface area contributed by atoms with E-state index < -0.39 is 4.92 Å². The second kappa shape index (κ2) is 4.43. The normalized spacial score (nSPS) is 9.79. The highest BCUT2D eigenvalue weighted by atomic mass is 16.6. The minimum atomic E-state index is -0.596. The van der Waals surface area contributed by atoms with Crippen LogP contribution in [-0.4, -0.2) is 16.6 Å². The second-order valence-corrected chi connectivity index (χ2v) is 2.49. The van der Waals surface area contributed by atoms with Crippen LogP contribution in [-0.2, 0) is 4.84 Å². The molecule has 0 aliphatic carbocycles. The molecule has 0 spiro atoms. The van der Waals surface area contributed by atoms with E-state index in [1.54, 1.807) is 6.92 Å². The third-order valence-electron chi connectivity index (χ3n) is 1.50. The van der Waals surface area contributed by atoms with Gasteiger partial charge < -0.3 is 5.11 Å². The molecule has 1 aromatic carbocycles. The molecule has 0 fully saturated rings. The molecule has 0 radical (unpaired) electrons. The van der Waals surface area contributed by atoms with E-state index >= 15 is 0 Å². The lowest BCUT2D eigenvalue weighted by Gasteiger charge is -2.05. The molecule has 0 amide bonds. The zero-order valence-corrected chi connectivity index (χ0v) is 7.56. The average molecular weight is 198 g/mol. The van der Waals surface area contributed by atoms with E-state index in [0.717, 1.165) is 6.07 Å². The fourth-order valence-corrected chi connectivity index (χ4v) is 0.907. The van der Waals surface area contributed by atoms with Gasteiger partial charge in [0.05, 0.1) is 17.6 Å². The lowest BCUT2D eigenvalue weighted by atomic mass is 10.2. The zero-order valence-electron chi connectivity index (χ0n) is 7.56. The number of anilines is 1. The van der Waals surface area contributed by atoms with Gasteiger partial charge in [-0.3, -0.25) is 20.4 Å². The maximum atomic E-state index is 10.5. The lowest BCUT2D eigenvalue weighted by molar-refractivity contribution is -0.384. The summed E-state index contributed by atoms with van der Waals surface area (Å²) in [6, 6.07) is 3.78. The van der Waals surface area contributed by atoms with Gasteiger partial charge in [0.15, 0.2) is 0 Å². The number of hydrogen-bond acceptors (Lipinski definition) is 5. The van der Waals surface area contributed by atoms with Crippen LogP contribution in [0.5, 0.6) is 5.75 Å². The molecule has 1 rings (SSSR count). The van der Waals surface area contributed by atoms with Crippen molar-refractivity contribution in [3.05, 3.63) is 28.3 Å². The molecule has 0 atom stereocenters. The molecule has 0 saturated heterocycles. The Bertz CT molecular complexity index is 340. The minimum absolute atomic E-state index is 0.154. The van der Waals surface area contributed by atoms with Gasteiger partial charge in [0.1, 0.15) is 11.4 Å². The van der Waals surface area contributed by atoms with Crippen LogP contribution in [0.25, 0.3) is 0 Å². The summed E-state index contributed by atoms with van der Waals surface area (Å²) in [5.74, 6) is -0.154. The second-order valence-electron chi connectivity index (χ2n) is 2.49. The van der Waals surface area contributed by atoms with Gasteiger partial charge in [-0.1, -0.05) is 0 Å². The first-order chi connectivity index (χ1) is 6.65. The monoisotopic (exact) mass is 198 g/mol. The van der Waals surface area contributed by atoms with Gasteiger partial charge in [0.25, 0.3) is 5.69 Å². The third kappa shape index (κ3) is 2.33. The van der Waals surface area contributed by atoms with Gasteiger partial charge in [0.2, 0.25) is 0 Å². The Hall–Kier alpha value is -1.82. The number of rotatable bonds is 4. The molecule has 0 saturated carbocycles. The number of hydrogen-bond donors (Lipinski definition) is 2. The molecule has 6 nitrogen and oxygen atoms in total. The van der Waals surface area contributed by atoms with Gasteiger partial charge in [-0.05, 0) is 19.1 Å². The predicted molar refractivity (Wildman–Crippen MR) is 50.0 cm³/mol. The van der Waals surface area contributed by atoms with Gasteiger partial charge in [-0.25, -0.2) is 0 Å². The molecule has 0 aliphatic rings. The molecule has 2 N–H and O–H groups in total. The number of benzene rings is 1. The van der Waals surface area contributed by atoms with E-state index in [1.807, 2.05) is 0 Å². The molecule has 0 aromatic heterocycles. The number of phenols is 1. The minimum Gasteiger partial charge on any atom is -0.508 e. The Balaban J connectivity index is 2.96. The Morgan fingerprint density at radius 2 is 2.36 bits per heavy atom. The summed E-state index contributed by atoms with van der Waals surface area (Å²) < 4.78 is 0. The summed E-state index contributed by atoms with van der Waals surface area (Å²) in [7, 11) is 0. The quantitative estimate of drug-likeness (QED) is 0.436. The summed E-state index contributed by atoms with van der Waals surface area (Å²) in [6.45, 7) is 2.14. The topological polar surface area (TPSA) is 84.6 Å². The first kappa shape index (κ1) is 10.3. The number of nitrogens with one attached hydrogen (secondary N) is 1. The molecule has 0 bridgehead atoms. The van der Waals surface area contributed by atoms with Crippen molar-refractivity contribution >= 4 is 11.4 Å². The Morgan fingerprint density at radius 3 is 2.93 bits per heavy atom. The smallest absolute Gasteiger partial charge is 0.298 e. The molecule has 1 aromatic rings. The van der Waals surface area contributed by atoms with Crippen molar-refractivity contribution in [2.75, 3.05) is 12.1 Å². The number of aromatic hydroxyl groups is 1. The van der Waals surface area contributed by atoms with Crippen molar-refractivity contribution < 1.29 is 14.9 Å². The summed E-state index contributed by atoms with van der Waals surface area (Å²) in [5, 5.41) is 19.6. The van der Waals surface area contributed by atoms with Crippen molar-refractivity contribution in [1.82, 2.24) is 0 Å². The molecule has 76 valence electrons. The number of nitro groups is 1. The summed E-state index contributed by atoms with van der Waals surface area (Å²) >= 11 is 0. The largest absolute Gasteiger partial charge is 0.508 e. The highest BCUT2D eigenvalue weighted by Crippen LogP contribution is 2.28. The van der Waals surface area contributed by atoms with Crippen LogP contribution in [0, 0.1) is 10.1 Å². The molecule has 14 heavy (non-hydrogen) atoms. The summed E-state index contributed by atoms with van der Waals surface area (Å²) in [5.41, 5.74) is 2.41. The first-order valence-electron chi connectivity index (χ1n) is 4.00. The molecule has 0 unspecified atom stereocenters. The lowest BCUT2D eigenvalue weighted by Crippen LogP contribution is -2.03. The summed E-state index contributed by atoms with van der Waals surface area (Å²) in [6.07, 6.45) is 0. The van der Waals surface area contributed by atoms with Gasteiger partial charge in [0, 0.05) is 0 Å². The Morgan fingerprint density at radius 1 is 1.64 bits per heavy atom. The molecular weight excluding hydrogens is 188 g/mol. The average Bonchev–Trinajstić information content (AvgIpc) is 2.15. The summed E-state index contributed by atoms with van der Waals surface area (Å²) in [4.78, 5) is 14.8. The van der Waals surface area contributed by atoms with Crippen molar-refractivity contribution in [2.45, 2.75) is 6.92 Å². The first-order valence-corrected chi connectivity index (χ1v) is 4.00. The Kier molecular flexibility index (Phi) is 3.24. The fourth-order valence-electron chi connectivity index (χ4n) is 0.907. The van der Waals surface area contributed by atoms with Crippen LogP contribution in [0.1, 0.15) is 6.92 Å². The van der Waals surface area contributed by atoms with E-state index in [9.17, 15) is 10.1 Å². The maximum absolute atomic E-state index is 10.5. The van der Waals surface area contributed by atoms with E-state index in [0.29, 0.717) is 6.61 Å². The highest BCUT2D eigenvalue weighted by molar-refractivity contribution is 5.62. The van der Waals surface area contributed by atoms with Gasteiger partial charge in [-0.15, -0.1) is 0 Å². The predicted octanol–water partition coefficient (Wildman–Crippen LogP) is 1.66. The standard InChI is InChI=1S/C8H10N2O4/c1-2-14-9-7-4-3-6(11)5-8(7)10(12)13/h3-5,9,11H,2H2,1H3. The van der Waals surface area contributed by atoms with E-state index in [-0.39, 0.29) is 17.1 Å². The van der Waals surface area contributed by atoms with E-state index in [2.05, 4.69) is 5.48 Å². The highest BCUT2D eigenvalue weighted by Gasteiger charge is 2.14.